The number of nitrogens with zero attached hydrogens (tertiary/aromatic N) is 1. The van der Waals surface area contributed by atoms with E-state index in [9.17, 15) is 14.7 Å². The van der Waals surface area contributed by atoms with E-state index in [2.05, 4.69) is 20.8 Å². The van der Waals surface area contributed by atoms with Gasteiger partial charge in [0.2, 0.25) is 0 Å². The number of anilines is 1. The second-order valence-electron chi connectivity index (χ2n) is 4.36. The van der Waals surface area contributed by atoms with E-state index in [1.165, 1.54) is 18.2 Å². The van der Waals surface area contributed by atoms with E-state index in [0.717, 1.165) is 11.3 Å². The molecule has 0 aliphatic carbocycles. The van der Waals surface area contributed by atoms with Gasteiger partial charge >= 0.3 is 12.0 Å². The van der Waals surface area contributed by atoms with Gasteiger partial charge in [-0.15, -0.1) is 0 Å². The van der Waals surface area contributed by atoms with Gasteiger partial charge in [-0.2, -0.15) is 5.10 Å². The fraction of sp³-hybridized carbons (Fsp3) is 0.154. The minimum Gasteiger partial charge on any atom is -0.507 e. The van der Waals surface area contributed by atoms with Gasteiger partial charge in [0, 0.05) is 23.5 Å². The van der Waals surface area contributed by atoms with Gasteiger partial charge in [0.15, 0.2) is 0 Å². The molecule has 8 nitrogen and oxygen atoms in total. The zero-order valence-electron chi connectivity index (χ0n) is 11.2. The monoisotopic (exact) mass is 290 g/mol. The summed E-state index contributed by atoms with van der Waals surface area (Å²) < 4.78 is 0. The Hall–Kier alpha value is -3.03. The Bertz CT molecular complexity index is 681. The SMILES string of the molecule is Cc1[nH]ncc1CNC(=O)Nc1ccc(O)c(C(=O)O)c1. The lowest BCUT2D eigenvalue weighted by Crippen LogP contribution is -2.28. The molecule has 110 valence electrons. The van der Waals surface area contributed by atoms with E-state index >= 15 is 0 Å². The van der Waals surface area contributed by atoms with E-state index < -0.39 is 12.0 Å². The summed E-state index contributed by atoms with van der Waals surface area (Å²) in [5, 5.41) is 30.0. The van der Waals surface area contributed by atoms with Crippen LogP contribution in [0.4, 0.5) is 10.5 Å². The fourth-order valence-electron chi connectivity index (χ4n) is 1.69. The highest BCUT2D eigenvalue weighted by Gasteiger charge is 2.11. The normalized spacial score (nSPS) is 10.1. The van der Waals surface area contributed by atoms with Crippen molar-refractivity contribution < 1.29 is 19.8 Å². The molecule has 0 fully saturated rings. The number of aromatic nitrogens is 2. The molecule has 0 unspecified atom stereocenters. The van der Waals surface area contributed by atoms with Crippen LogP contribution in [0.3, 0.4) is 0 Å². The molecule has 0 saturated carbocycles. The summed E-state index contributed by atoms with van der Waals surface area (Å²) in [7, 11) is 0. The maximum absolute atomic E-state index is 11.7. The Morgan fingerprint density at radius 2 is 2.14 bits per heavy atom. The predicted molar refractivity (Wildman–Crippen MR) is 74.2 cm³/mol. The first-order valence-electron chi connectivity index (χ1n) is 6.07. The summed E-state index contributed by atoms with van der Waals surface area (Å²) in [5.41, 5.74) is 1.69. The lowest BCUT2D eigenvalue weighted by molar-refractivity contribution is 0.0693. The molecule has 1 aromatic heterocycles. The number of carbonyl (C=O) groups is 2. The lowest BCUT2D eigenvalue weighted by atomic mass is 10.2. The molecule has 2 rings (SSSR count). The summed E-state index contributed by atoms with van der Waals surface area (Å²) in [4.78, 5) is 22.6. The summed E-state index contributed by atoms with van der Waals surface area (Å²) in [6.07, 6.45) is 1.61. The van der Waals surface area contributed by atoms with Crippen LogP contribution < -0.4 is 10.6 Å². The van der Waals surface area contributed by atoms with Gasteiger partial charge in [0.1, 0.15) is 11.3 Å². The van der Waals surface area contributed by atoms with Crippen LogP contribution in [0.25, 0.3) is 0 Å². The number of hydrogen-bond acceptors (Lipinski definition) is 4. The number of benzene rings is 1. The van der Waals surface area contributed by atoms with Gasteiger partial charge in [-0.1, -0.05) is 0 Å². The van der Waals surface area contributed by atoms with E-state index in [1.54, 1.807) is 6.20 Å². The quantitative estimate of drug-likeness (QED) is 0.544. The summed E-state index contributed by atoms with van der Waals surface area (Å²) in [6, 6.07) is 3.31. The van der Waals surface area contributed by atoms with Crippen LogP contribution in [-0.2, 0) is 6.54 Å². The Morgan fingerprint density at radius 3 is 2.76 bits per heavy atom. The van der Waals surface area contributed by atoms with Gasteiger partial charge < -0.3 is 20.8 Å². The van der Waals surface area contributed by atoms with Crippen molar-refractivity contribution in [3.8, 4) is 5.75 Å². The zero-order chi connectivity index (χ0) is 15.4. The molecule has 0 radical (unpaired) electrons. The lowest BCUT2D eigenvalue weighted by Gasteiger charge is -2.08. The summed E-state index contributed by atoms with van der Waals surface area (Å²) in [6.45, 7) is 2.12. The summed E-state index contributed by atoms with van der Waals surface area (Å²) in [5.74, 6) is -1.63. The number of aromatic carboxylic acids is 1. The van der Waals surface area contributed by atoms with Crippen LogP contribution in [0.1, 0.15) is 21.6 Å². The number of nitrogens with one attached hydrogen (secondary N) is 3. The Morgan fingerprint density at radius 1 is 1.38 bits per heavy atom. The number of carboxylic acids is 1. The first-order chi connectivity index (χ1) is 9.97. The van der Waals surface area contributed by atoms with E-state index in [4.69, 9.17) is 5.11 Å². The van der Waals surface area contributed by atoms with Gasteiger partial charge in [-0.3, -0.25) is 5.10 Å². The number of aromatic amines is 1. The molecule has 2 aromatic rings. The Kier molecular flexibility index (Phi) is 4.07. The van der Waals surface area contributed by atoms with Crippen molar-refractivity contribution >= 4 is 17.7 Å². The third-order valence-corrected chi connectivity index (χ3v) is 2.86. The van der Waals surface area contributed by atoms with Gasteiger partial charge in [-0.05, 0) is 25.1 Å². The minimum atomic E-state index is -1.27. The maximum atomic E-state index is 11.7. The van der Waals surface area contributed by atoms with E-state index in [1.807, 2.05) is 6.92 Å². The molecule has 0 aliphatic rings. The molecule has 5 N–H and O–H groups in total. The Labute approximate surface area is 119 Å². The highest BCUT2D eigenvalue weighted by molar-refractivity contribution is 5.95. The highest BCUT2D eigenvalue weighted by Crippen LogP contribution is 2.21. The molecule has 1 aromatic carbocycles. The second-order valence-corrected chi connectivity index (χ2v) is 4.36. The minimum absolute atomic E-state index is 0.270. The number of H-pyrrole nitrogens is 1. The van der Waals surface area contributed by atoms with E-state index in [0.29, 0.717) is 0 Å². The number of urea groups is 1. The van der Waals surface area contributed by atoms with Crippen molar-refractivity contribution in [1.29, 1.82) is 0 Å². The molecule has 0 aliphatic heterocycles. The van der Waals surface area contributed by atoms with Crippen LogP contribution >= 0.6 is 0 Å². The van der Waals surface area contributed by atoms with Crippen LogP contribution in [0.15, 0.2) is 24.4 Å². The fourth-order valence-corrected chi connectivity index (χ4v) is 1.69. The standard InChI is InChI=1S/C13H14N4O4/c1-7-8(6-15-17-7)5-14-13(21)16-9-2-3-11(18)10(4-9)12(19)20/h2-4,6,18H,5H2,1H3,(H,15,17)(H,19,20)(H2,14,16,21). The van der Waals surface area contributed by atoms with Crippen LogP contribution in [0.2, 0.25) is 0 Å². The molecular formula is C13H14N4O4. The van der Waals surface area contributed by atoms with Crippen molar-refractivity contribution in [2.45, 2.75) is 13.5 Å². The third-order valence-electron chi connectivity index (χ3n) is 2.86. The molecule has 0 spiro atoms. The maximum Gasteiger partial charge on any atom is 0.339 e. The topological polar surface area (TPSA) is 127 Å². The first-order valence-corrected chi connectivity index (χ1v) is 6.07. The average molecular weight is 290 g/mol. The number of carbonyl (C=O) groups excluding carboxylic acids is 1. The van der Waals surface area contributed by atoms with Crippen molar-refractivity contribution in [1.82, 2.24) is 15.5 Å². The van der Waals surface area contributed by atoms with Gasteiger partial charge in [0.05, 0.1) is 6.20 Å². The summed E-state index contributed by atoms with van der Waals surface area (Å²) >= 11 is 0. The number of amides is 2. The molecule has 1 heterocycles. The van der Waals surface area contributed by atoms with Crippen LogP contribution in [0, 0.1) is 6.92 Å². The van der Waals surface area contributed by atoms with Crippen LogP contribution in [-0.4, -0.2) is 32.4 Å². The zero-order valence-corrected chi connectivity index (χ0v) is 11.2. The number of carboxylic acid groups (broad SMARTS) is 1. The third kappa shape index (κ3) is 3.50. The molecule has 0 saturated heterocycles. The number of hydrogen-bond donors (Lipinski definition) is 5. The first kappa shape index (κ1) is 14.4. The second kappa shape index (κ2) is 5.95. The number of rotatable bonds is 4. The molecule has 0 atom stereocenters. The molecule has 8 heteroatoms. The number of aromatic hydroxyl groups is 1. The molecule has 21 heavy (non-hydrogen) atoms. The smallest absolute Gasteiger partial charge is 0.339 e. The number of aryl methyl sites for hydroxylation is 1. The van der Waals surface area contributed by atoms with Crippen molar-refractivity contribution in [3.63, 3.8) is 0 Å². The van der Waals surface area contributed by atoms with E-state index in [-0.39, 0.29) is 23.5 Å². The predicted octanol–water partition coefficient (Wildman–Crippen LogP) is 1.44. The van der Waals surface area contributed by atoms with Crippen molar-refractivity contribution in [2.24, 2.45) is 0 Å². The van der Waals surface area contributed by atoms with Gasteiger partial charge in [0.25, 0.3) is 0 Å². The van der Waals surface area contributed by atoms with Crippen molar-refractivity contribution in [2.75, 3.05) is 5.32 Å². The highest BCUT2D eigenvalue weighted by atomic mass is 16.4. The molecular weight excluding hydrogens is 276 g/mol. The van der Waals surface area contributed by atoms with Crippen molar-refractivity contribution in [3.05, 3.63) is 41.2 Å². The largest absolute Gasteiger partial charge is 0.507 e. The average Bonchev–Trinajstić information content (AvgIpc) is 2.84. The van der Waals surface area contributed by atoms with Gasteiger partial charge in [-0.25, -0.2) is 9.59 Å². The molecule has 0 bridgehead atoms. The number of phenols is 1. The Balaban J connectivity index is 1.98. The molecule has 2 amide bonds. The van der Waals surface area contributed by atoms with Crippen LogP contribution in [0.5, 0.6) is 5.75 Å².